The second-order valence-corrected chi connectivity index (χ2v) is 8.00. The summed E-state index contributed by atoms with van der Waals surface area (Å²) in [6.07, 6.45) is 1.33. The van der Waals surface area contributed by atoms with Gasteiger partial charge in [-0.2, -0.15) is 0 Å². The van der Waals surface area contributed by atoms with Gasteiger partial charge in [-0.3, -0.25) is 9.59 Å². The molecule has 7 heteroatoms. The van der Waals surface area contributed by atoms with Crippen molar-refractivity contribution >= 4 is 39.4 Å². The average molecular weight is 447 g/mol. The number of hydrogen-bond donors (Lipinski definition) is 2. The second-order valence-electron chi connectivity index (χ2n) is 8.00. The molecule has 1 amide bonds. The number of carbonyl (C=O) groups is 2. The van der Waals surface area contributed by atoms with Gasteiger partial charge in [0, 0.05) is 35.7 Å². The molecule has 4 rings (SSSR count). The van der Waals surface area contributed by atoms with E-state index in [2.05, 4.69) is 29.8 Å². The second kappa shape index (κ2) is 9.81. The Morgan fingerprint density at radius 3 is 2.45 bits per heavy atom. The van der Waals surface area contributed by atoms with E-state index in [4.69, 9.17) is 14.5 Å². The summed E-state index contributed by atoms with van der Waals surface area (Å²) >= 11 is 0. The van der Waals surface area contributed by atoms with Crippen molar-refractivity contribution in [2.75, 3.05) is 18.4 Å². The van der Waals surface area contributed by atoms with E-state index in [1.165, 1.54) is 0 Å². The average Bonchev–Trinajstić information content (AvgIpc) is 2.81. The molecule has 0 fully saturated rings. The van der Waals surface area contributed by atoms with Crippen molar-refractivity contribution in [1.29, 1.82) is 0 Å². The van der Waals surface area contributed by atoms with E-state index < -0.39 is 5.97 Å². The van der Waals surface area contributed by atoms with Gasteiger partial charge in [-0.05, 0) is 32.8 Å². The molecule has 1 aliphatic heterocycles. The topological polar surface area (TPSA) is 95.4 Å². The molecule has 2 aromatic rings. The smallest absolute Gasteiger partial charge is 0.303 e. The number of hydrogen-bond acceptors (Lipinski definition) is 4. The molecular formula is C26H28N3O4+. The van der Waals surface area contributed by atoms with E-state index in [0.717, 1.165) is 40.4 Å². The van der Waals surface area contributed by atoms with Gasteiger partial charge in [0.1, 0.15) is 24.3 Å². The molecular weight excluding hydrogens is 418 g/mol. The summed E-state index contributed by atoms with van der Waals surface area (Å²) in [4.78, 5) is 28.1. The van der Waals surface area contributed by atoms with E-state index in [9.17, 15) is 9.59 Å². The number of anilines is 1. The highest BCUT2D eigenvalue weighted by Gasteiger charge is 2.16. The summed E-state index contributed by atoms with van der Waals surface area (Å²) in [5, 5.41) is 14.6. The quantitative estimate of drug-likeness (QED) is 0.180. The number of nitrogens with one attached hydrogen (secondary N) is 1. The maximum atomic E-state index is 12.5. The van der Waals surface area contributed by atoms with E-state index in [-0.39, 0.29) is 18.7 Å². The first-order valence-corrected chi connectivity index (χ1v) is 11.4. The summed E-state index contributed by atoms with van der Waals surface area (Å²) in [6.45, 7) is 6.03. The van der Waals surface area contributed by atoms with Gasteiger partial charge in [-0.15, -0.1) is 0 Å². The number of nitrogens with zero attached hydrogens (tertiary/aromatic N) is 2. The molecule has 1 aliphatic carbocycles. The SMILES string of the molecule is CC[N+](CC)=c1ccc2nc3c(cc(NC(=O)CCCCC(=O)O)c4ccccc43)oc-2c1. The van der Waals surface area contributed by atoms with Crippen molar-refractivity contribution in [2.24, 2.45) is 0 Å². The fourth-order valence-corrected chi connectivity index (χ4v) is 4.11. The van der Waals surface area contributed by atoms with Crippen LogP contribution in [0.2, 0.25) is 0 Å². The Morgan fingerprint density at radius 2 is 1.73 bits per heavy atom. The number of carboxylic acids is 1. The lowest BCUT2D eigenvalue weighted by Crippen LogP contribution is -2.29. The Balaban J connectivity index is 1.76. The molecule has 0 spiro atoms. The van der Waals surface area contributed by atoms with Crippen LogP contribution in [0.3, 0.4) is 0 Å². The Hall–Kier alpha value is -3.74. The van der Waals surface area contributed by atoms with Gasteiger partial charge in [-0.1, -0.05) is 24.3 Å². The van der Waals surface area contributed by atoms with Crippen molar-refractivity contribution in [3.05, 3.63) is 53.9 Å². The molecule has 0 saturated carbocycles. The number of fused-ring (bicyclic) bond motifs is 4. The van der Waals surface area contributed by atoms with E-state index in [1.807, 2.05) is 42.5 Å². The lowest BCUT2D eigenvalue weighted by Gasteiger charge is -2.13. The molecule has 0 aromatic heterocycles. The minimum atomic E-state index is -0.846. The van der Waals surface area contributed by atoms with Gasteiger partial charge in [0.15, 0.2) is 11.3 Å². The first kappa shape index (κ1) is 22.5. The maximum Gasteiger partial charge on any atom is 0.303 e. The maximum absolute atomic E-state index is 12.5. The van der Waals surface area contributed by atoms with Crippen LogP contribution in [-0.4, -0.2) is 35.1 Å². The summed E-state index contributed by atoms with van der Waals surface area (Å²) < 4.78 is 8.52. The lowest BCUT2D eigenvalue weighted by atomic mass is 10.1. The summed E-state index contributed by atoms with van der Waals surface area (Å²) in [6, 6.07) is 15.6. The van der Waals surface area contributed by atoms with Gasteiger partial charge in [0.2, 0.25) is 11.3 Å². The summed E-state index contributed by atoms with van der Waals surface area (Å²) in [5.41, 5.74) is 2.78. The predicted molar refractivity (Wildman–Crippen MR) is 129 cm³/mol. The number of rotatable bonds is 8. The zero-order valence-electron chi connectivity index (χ0n) is 18.9. The van der Waals surface area contributed by atoms with Crippen LogP contribution in [0.1, 0.15) is 39.5 Å². The van der Waals surface area contributed by atoms with Crippen LogP contribution >= 0.6 is 0 Å². The molecule has 2 aliphatic rings. The summed E-state index contributed by atoms with van der Waals surface area (Å²) in [5.74, 6) is -0.308. The molecule has 0 radical (unpaired) electrons. The Morgan fingerprint density at radius 1 is 1.00 bits per heavy atom. The van der Waals surface area contributed by atoms with Gasteiger partial charge in [0.25, 0.3) is 0 Å². The van der Waals surface area contributed by atoms with Gasteiger partial charge >= 0.3 is 5.97 Å². The fourth-order valence-electron chi connectivity index (χ4n) is 4.11. The highest BCUT2D eigenvalue weighted by molar-refractivity contribution is 6.12. The van der Waals surface area contributed by atoms with E-state index in [0.29, 0.717) is 29.9 Å². The molecule has 2 N–H and O–H groups in total. The minimum absolute atomic E-state index is 0.0687. The Kier molecular flexibility index (Phi) is 6.68. The van der Waals surface area contributed by atoms with Gasteiger partial charge in [-0.25, -0.2) is 9.56 Å². The Bertz CT molecular complexity index is 1370. The third-order valence-electron chi connectivity index (χ3n) is 5.82. The van der Waals surface area contributed by atoms with Gasteiger partial charge < -0.3 is 14.8 Å². The minimum Gasteiger partial charge on any atom is -0.481 e. The molecule has 7 nitrogen and oxygen atoms in total. The number of benzene rings is 3. The molecule has 33 heavy (non-hydrogen) atoms. The van der Waals surface area contributed by atoms with Crippen molar-refractivity contribution in [1.82, 2.24) is 9.56 Å². The van der Waals surface area contributed by atoms with Crippen LogP contribution in [0.15, 0.2) is 52.9 Å². The van der Waals surface area contributed by atoms with Crippen LogP contribution in [0.4, 0.5) is 5.69 Å². The van der Waals surface area contributed by atoms with E-state index >= 15 is 0 Å². The first-order chi connectivity index (χ1) is 16.0. The number of aliphatic carboxylic acids is 1. The Labute approximate surface area is 191 Å². The van der Waals surface area contributed by atoms with Gasteiger partial charge in [0.05, 0.1) is 11.8 Å². The third-order valence-corrected chi connectivity index (χ3v) is 5.82. The lowest BCUT2D eigenvalue weighted by molar-refractivity contribution is -0.137. The third kappa shape index (κ3) is 4.87. The highest BCUT2D eigenvalue weighted by atomic mass is 16.4. The first-order valence-electron chi connectivity index (χ1n) is 11.4. The van der Waals surface area contributed by atoms with Crippen molar-refractivity contribution in [2.45, 2.75) is 39.5 Å². The van der Waals surface area contributed by atoms with Crippen LogP contribution in [-0.2, 0) is 9.59 Å². The highest BCUT2D eigenvalue weighted by Crippen LogP contribution is 2.34. The summed E-state index contributed by atoms with van der Waals surface area (Å²) in [7, 11) is 0. The zero-order chi connectivity index (χ0) is 23.4. The molecule has 1 heterocycles. The number of carbonyl (C=O) groups excluding carboxylic acids is 1. The van der Waals surface area contributed by atoms with Crippen molar-refractivity contribution in [3.63, 3.8) is 0 Å². The molecule has 2 aromatic carbocycles. The molecule has 0 unspecified atom stereocenters. The van der Waals surface area contributed by atoms with Crippen LogP contribution in [0.25, 0.3) is 33.3 Å². The molecule has 0 saturated heterocycles. The fraction of sp³-hybridized carbons (Fsp3) is 0.308. The largest absolute Gasteiger partial charge is 0.481 e. The normalized spacial score (nSPS) is 11.2. The molecule has 0 atom stereocenters. The predicted octanol–water partition coefficient (Wildman–Crippen LogP) is 4.48. The monoisotopic (exact) mass is 446 g/mol. The van der Waals surface area contributed by atoms with Crippen LogP contribution in [0, 0.1) is 0 Å². The number of aromatic nitrogens is 1. The van der Waals surface area contributed by atoms with Crippen LogP contribution < -0.4 is 15.2 Å². The molecule has 0 bridgehead atoms. The standard InChI is InChI=1S/C26H27N3O4/c1-3-29(4-2)17-13-14-20-22(15-17)33-23-16-21(27-24(30)11-7-8-12-25(31)32)18-9-5-6-10-19(18)26(23)28-20/h5-6,9-10,13-16H,3-4,7-8,11-12H2,1-2H3,(H,31,32)/p+1. The van der Waals surface area contributed by atoms with E-state index in [1.54, 1.807) is 0 Å². The number of amides is 1. The number of unbranched alkanes of at least 4 members (excludes halogenated alkanes) is 1. The van der Waals surface area contributed by atoms with Crippen LogP contribution in [0.5, 0.6) is 0 Å². The number of carboxylic acid groups (broad SMARTS) is 1. The van der Waals surface area contributed by atoms with Crippen molar-refractivity contribution < 1.29 is 19.1 Å². The zero-order valence-corrected chi connectivity index (χ0v) is 18.9. The molecule has 170 valence electrons. The van der Waals surface area contributed by atoms with Crippen molar-refractivity contribution in [3.8, 4) is 11.5 Å².